The average Bonchev–Trinajstić information content (AvgIpc) is 2.49. The molecule has 2 rings (SSSR count). The number of non-ortho nitro benzene ring substituents is 1. The zero-order chi connectivity index (χ0) is 15.4. The maximum absolute atomic E-state index is 10.7. The predicted molar refractivity (Wildman–Crippen MR) is 85.8 cm³/mol. The Balaban J connectivity index is 2.14. The summed E-state index contributed by atoms with van der Waals surface area (Å²) in [6, 6.07) is 12.5. The molecule has 0 saturated heterocycles. The third-order valence-corrected chi connectivity index (χ3v) is 3.81. The second-order valence-corrected chi connectivity index (χ2v) is 5.41. The number of ether oxygens (including phenoxy) is 1. The monoisotopic (exact) mass is 350 g/mol. The highest BCUT2D eigenvalue weighted by molar-refractivity contribution is 9.10. The first-order valence-electron chi connectivity index (χ1n) is 6.35. The second kappa shape index (κ2) is 6.58. The Labute approximate surface area is 131 Å². The lowest BCUT2D eigenvalue weighted by atomic mass is 10.1. The van der Waals surface area contributed by atoms with E-state index in [4.69, 9.17) is 4.74 Å². The Hall–Kier alpha value is -2.08. The number of nitro groups is 1. The lowest BCUT2D eigenvalue weighted by Crippen LogP contribution is -2.07. The van der Waals surface area contributed by atoms with Crippen LogP contribution in [0, 0.1) is 10.1 Å². The Morgan fingerprint density at radius 1 is 1.24 bits per heavy atom. The number of hydrogen-bond donors (Lipinski definition) is 1. The van der Waals surface area contributed by atoms with E-state index in [0.717, 1.165) is 17.0 Å². The van der Waals surface area contributed by atoms with Crippen LogP contribution in [0.2, 0.25) is 0 Å². The molecule has 2 aromatic carbocycles. The van der Waals surface area contributed by atoms with Crippen LogP contribution in [0.1, 0.15) is 18.5 Å². The molecule has 0 spiro atoms. The fourth-order valence-corrected chi connectivity index (χ4v) is 2.42. The number of nitrogens with one attached hydrogen (secondary N) is 1. The zero-order valence-corrected chi connectivity index (χ0v) is 13.3. The zero-order valence-electron chi connectivity index (χ0n) is 11.7. The molecule has 0 saturated carbocycles. The first-order valence-corrected chi connectivity index (χ1v) is 7.15. The molecule has 21 heavy (non-hydrogen) atoms. The van der Waals surface area contributed by atoms with Gasteiger partial charge >= 0.3 is 0 Å². The van der Waals surface area contributed by atoms with Gasteiger partial charge in [-0.1, -0.05) is 12.1 Å². The summed E-state index contributed by atoms with van der Waals surface area (Å²) < 4.78 is 5.79. The van der Waals surface area contributed by atoms with Crippen LogP contribution in [-0.4, -0.2) is 12.0 Å². The van der Waals surface area contributed by atoms with E-state index in [1.165, 1.54) is 12.1 Å². The summed E-state index contributed by atoms with van der Waals surface area (Å²) in [5.74, 6) is 0.808. The van der Waals surface area contributed by atoms with Gasteiger partial charge in [0.2, 0.25) is 0 Å². The van der Waals surface area contributed by atoms with Crippen molar-refractivity contribution >= 4 is 27.3 Å². The van der Waals surface area contributed by atoms with E-state index in [0.29, 0.717) is 4.47 Å². The number of rotatable bonds is 5. The smallest absolute Gasteiger partial charge is 0.270 e. The van der Waals surface area contributed by atoms with Crippen LogP contribution in [0.3, 0.4) is 0 Å². The Morgan fingerprint density at radius 3 is 2.43 bits per heavy atom. The van der Waals surface area contributed by atoms with Gasteiger partial charge in [-0.05, 0) is 46.6 Å². The highest BCUT2D eigenvalue weighted by Gasteiger charge is 2.11. The summed E-state index contributed by atoms with van der Waals surface area (Å²) in [6.07, 6.45) is 0. The second-order valence-electron chi connectivity index (χ2n) is 4.56. The van der Waals surface area contributed by atoms with E-state index < -0.39 is 4.92 Å². The van der Waals surface area contributed by atoms with Gasteiger partial charge < -0.3 is 10.1 Å². The van der Waals surface area contributed by atoms with Gasteiger partial charge in [0.1, 0.15) is 5.75 Å². The summed E-state index contributed by atoms with van der Waals surface area (Å²) in [7, 11) is 1.63. The fraction of sp³-hybridized carbons (Fsp3) is 0.200. The molecule has 0 aliphatic rings. The quantitative estimate of drug-likeness (QED) is 0.635. The standard InChI is InChI=1S/C15H15BrN2O3/c1-10(11-3-6-13(21-2)7-4-11)17-15-8-5-12(18(19)20)9-14(15)16/h3-10,17H,1-2H3. The lowest BCUT2D eigenvalue weighted by Gasteiger charge is -2.17. The maximum Gasteiger partial charge on any atom is 0.270 e. The minimum absolute atomic E-state index is 0.0597. The van der Waals surface area contributed by atoms with Crippen LogP contribution in [0.5, 0.6) is 5.75 Å². The van der Waals surface area contributed by atoms with Gasteiger partial charge in [0, 0.05) is 28.3 Å². The maximum atomic E-state index is 10.7. The highest BCUT2D eigenvalue weighted by Crippen LogP contribution is 2.30. The molecule has 1 atom stereocenters. The Bertz CT molecular complexity index is 644. The van der Waals surface area contributed by atoms with Crippen molar-refractivity contribution in [3.63, 3.8) is 0 Å². The average molecular weight is 351 g/mol. The number of nitro benzene ring substituents is 1. The minimum Gasteiger partial charge on any atom is -0.497 e. The van der Waals surface area contributed by atoms with E-state index >= 15 is 0 Å². The number of benzene rings is 2. The molecule has 1 N–H and O–H groups in total. The minimum atomic E-state index is -0.415. The Kier molecular flexibility index (Phi) is 4.80. The molecule has 6 heteroatoms. The van der Waals surface area contributed by atoms with Gasteiger partial charge in [-0.15, -0.1) is 0 Å². The number of nitrogens with zero attached hydrogens (tertiary/aromatic N) is 1. The fourth-order valence-electron chi connectivity index (χ4n) is 1.94. The van der Waals surface area contributed by atoms with Crippen molar-refractivity contribution in [3.8, 4) is 5.75 Å². The van der Waals surface area contributed by atoms with Crippen LogP contribution in [-0.2, 0) is 0 Å². The molecule has 0 fully saturated rings. The van der Waals surface area contributed by atoms with Crippen molar-refractivity contribution in [3.05, 3.63) is 62.6 Å². The normalized spacial score (nSPS) is 11.8. The van der Waals surface area contributed by atoms with Gasteiger partial charge in [0.05, 0.1) is 12.0 Å². The van der Waals surface area contributed by atoms with E-state index in [1.54, 1.807) is 13.2 Å². The molecular weight excluding hydrogens is 336 g/mol. The van der Waals surface area contributed by atoms with Gasteiger partial charge in [0.15, 0.2) is 0 Å². The van der Waals surface area contributed by atoms with Crippen LogP contribution in [0.25, 0.3) is 0 Å². The third kappa shape index (κ3) is 3.72. The molecular formula is C15H15BrN2O3. The summed E-state index contributed by atoms with van der Waals surface area (Å²) in [4.78, 5) is 10.3. The molecule has 0 aliphatic heterocycles. The highest BCUT2D eigenvalue weighted by atomic mass is 79.9. The van der Waals surface area contributed by atoms with E-state index in [9.17, 15) is 10.1 Å². The predicted octanol–water partition coefficient (Wildman–Crippen LogP) is 4.54. The number of halogens is 1. The van der Waals surface area contributed by atoms with Crippen molar-refractivity contribution in [2.24, 2.45) is 0 Å². The molecule has 5 nitrogen and oxygen atoms in total. The van der Waals surface area contributed by atoms with Crippen molar-refractivity contribution in [1.82, 2.24) is 0 Å². The molecule has 1 unspecified atom stereocenters. The van der Waals surface area contributed by atoms with Crippen molar-refractivity contribution < 1.29 is 9.66 Å². The van der Waals surface area contributed by atoms with Gasteiger partial charge in [-0.25, -0.2) is 0 Å². The third-order valence-electron chi connectivity index (χ3n) is 3.15. The first kappa shape index (κ1) is 15.3. The first-order chi connectivity index (χ1) is 10.0. The van der Waals surface area contributed by atoms with Crippen molar-refractivity contribution in [1.29, 1.82) is 0 Å². The number of methoxy groups -OCH3 is 1. The van der Waals surface area contributed by atoms with Crippen LogP contribution in [0.15, 0.2) is 46.9 Å². The van der Waals surface area contributed by atoms with E-state index in [1.807, 2.05) is 31.2 Å². The number of anilines is 1. The molecule has 0 amide bonds. The molecule has 0 aromatic heterocycles. The van der Waals surface area contributed by atoms with Crippen LogP contribution >= 0.6 is 15.9 Å². The van der Waals surface area contributed by atoms with Gasteiger partial charge in [0.25, 0.3) is 5.69 Å². The molecule has 0 heterocycles. The summed E-state index contributed by atoms with van der Waals surface area (Å²) in [6.45, 7) is 2.02. The molecule has 0 bridgehead atoms. The van der Waals surface area contributed by atoms with Crippen molar-refractivity contribution in [2.75, 3.05) is 12.4 Å². The van der Waals surface area contributed by atoms with E-state index in [2.05, 4.69) is 21.2 Å². The molecule has 110 valence electrons. The van der Waals surface area contributed by atoms with Crippen molar-refractivity contribution in [2.45, 2.75) is 13.0 Å². The molecule has 2 aromatic rings. The molecule has 0 aliphatic carbocycles. The summed E-state index contributed by atoms with van der Waals surface area (Å²) in [5.41, 5.74) is 1.97. The van der Waals surface area contributed by atoms with Gasteiger partial charge in [-0.2, -0.15) is 0 Å². The largest absolute Gasteiger partial charge is 0.497 e. The SMILES string of the molecule is COc1ccc(C(C)Nc2ccc([N+](=O)[O-])cc2Br)cc1. The van der Waals surface area contributed by atoms with E-state index in [-0.39, 0.29) is 11.7 Å². The Morgan fingerprint density at radius 2 is 1.90 bits per heavy atom. The van der Waals surface area contributed by atoms with Crippen LogP contribution in [0.4, 0.5) is 11.4 Å². The topological polar surface area (TPSA) is 64.4 Å². The summed E-state index contributed by atoms with van der Waals surface area (Å²) >= 11 is 3.35. The lowest BCUT2D eigenvalue weighted by molar-refractivity contribution is -0.384. The molecule has 0 radical (unpaired) electrons. The summed E-state index contributed by atoms with van der Waals surface area (Å²) in [5, 5.41) is 14.0. The number of hydrogen-bond acceptors (Lipinski definition) is 4. The van der Waals surface area contributed by atoms with Crippen LogP contribution < -0.4 is 10.1 Å². The van der Waals surface area contributed by atoms with Gasteiger partial charge in [-0.3, -0.25) is 10.1 Å².